The minimum Gasteiger partial charge on any atom is -0.488 e. The lowest BCUT2D eigenvalue weighted by Crippen LogP contribution is -2.55. The molecule has 2 saturated heterocycles. The van der Waals surface area contributed by atoms with Gasteiger partial charge in [-0.2, -0.15) is 0 Å². The lowest BCUT2D eigenvalue weighted by atomic mass is 9.92. The van der Waals surface area contributed by atoms with Crippen LogP contribution in [0.3, 0.4) is 0 Å². The molecule has 8 rings (SSSR count). The third-order valence-corrected chi connectivity index (χ3v) is 10.9. The van der Waals surface area contributed by atoms with Crippen LogP contribution in [0.15, 0.2) is 48.7 Å². The van der Waals surface area contributed by atoms with Gasteiger partial charge in [-0.1, -0.05) is 18.2 Å². The molecule has 3 aliphatic rings. The fraction of sp³-hybridized carbons (Fsp3) is 0.421. The number of carboxylic acid groups (broad SMARTS) is 1. The van der Waals surface area contributed by atoms with Crippen LogP contribution in [0.25, 0.3) is 44.2 Å². The van der Waals surface area contributed by atoms with E-state index < -0.39 is 18.2 Å². The van der Waals surface area contributed by atoms with Crippen molar-refractivity contribution in [1.82, 2.24) is 35.5 Å². The molecule has 266 valence electrons. The number of H-pyrrole nitrogens is 2. The van der Waals surface area contributed by atoms with E-state index >= 15 is 0 Å². The van der Waals surface area contributed by atoms with E-state index in [9.17, 15) is 14.7 Å². The van der Waals surface area contributed by atoms with Gasteiger partial charge in [0.2, 0.25) is 5.91 Å². The van der Waals surface area contributed by atoms with E-state index in [-0.39, 0.29) is 24.0 Å². The van der Waals surface area contributed by atoms with Gasteiger partial charge >= 0.3 is 6.09 Å². The van der Waals surface area contributed by atoms with E-state index in [0.717, 1.165) is 87.3 Å². The number of amides is 2. The van der Waals surface area contributed by atoms with Crippen molar-refractivity contribution in [2.24, 2.45) is 5.92 Å². The maximum Gasteiger partial charge on any atom is 0.405 e. The van der Waals surface area contributed by atoms with Crippen molar-refractivity contribution in [3.8, 4) is 28.1 Å². The van der Waals surface area contributed by atoms with Crippen molar-refractivity contribution in [2.45, 2.75) is 70.0 Å². The average Bonchev–Trinajstić information content (AvgIpc) is 3.95. The molecule has 0 spiro atoms. The maximum absolute atomic E-state index is 13.8. The normalized spacial score (nSPS) is 22.5. The standard InChI is InChI=1S/C38H43N7O6/c1-19-5-10-31(45(19)37(46)33(20(2)50-4)44-38(47)48)36-41-28-9-7-22-13-27-25-8-6-23(12-24(25)18-51-32(27)14-26(22)34(28)43-36)30-16-40-35(42-30)29-11-21(15-39-29)17-49-3/h6-9,12-14,16,19-21,29,31,33,39,44H,5,10-11,15,17-18H2,1-4H3,(H,40,42)(H,41,43)(H,47,48)/t19-,20+,21-,29-,31-,33-/m0/s1. The number of nitrogens with one attached hydrogen (secondary N) is 4. The van der Waals surface area contributed by atoms with Crippen molar-refractivity contribution >= 4 is 33.8 Å². The average molecular weight is 694 g/mol. The SMILES string of the molecule is COC[C@@H]1CN[C@H](c2ncc(-c3ccc4c(c3)COc3cc5c(ccc6[nH]c([C@@H]7CC[C@H](C)N7C(=O)[C@@H](NC(=O)O)[C@@H](C)OC)nc65)cc3-4)[nH]2)C1. The zero-order valence-corrected chi connectivity index (χ0v) is 29.2. The van der Waals surface area contributed by atoms with Crippen LogP contribution in [-0.2, 0) is 20.9 Å². The lowest BCUT2D eigenvalue weighted by molar-refractivity contribution is -0.139. The second-order valence-corrected chi connectivity index (χ2v) is 14.1. The van der Waals surface area contributed by atoms with E-state index in [4.69, 9.17) is 24.2 Å². The number of imidazole rings is 2. The Morgan fingerprint density at radius 1 is 1.10 bits per heavy atom. The van der Waals surface area contributed by atoms with Gasteiger partial charge in [0, 0.05) is 37.8 Å². The highest BCUT2D eigenvalue weighted by atomic mass is 16.5. The maximum atomic E-state index is 13.8. The Kier molecular flexibility index (Phi) is 8.65. The molecule has 2 amide bonds. The van der Waals surface area contributed by atoms with Gasteiger partial charge in [0.1, 0.15) is 30.0 Å². The van der Waals surface area contributed by atoms with Gasteiger partial charge in [0.05, 0.1) is 47.7 Å². The molecule has 3 aromatic carbocycles. The van der Waals surface area contributed by atoms with Crippen molar-refractivity contribution in [3.63, 3.8) is 0 Å². The van der Waals surface area contributed by atoms with Crippen molar-refractivity contribution in [3.05, 3.63) is 65.9 Å². The molecule has 0 aliphatic carbocycles. The van der Waals surface area contributed by atoms with Gasteiger partial charge in [-0.3, -0.25) is 4.79 Å². The third kappa shape index (κ3) is 5.98. The molecule has 5 N–H and O–H groups in total. The zero-order chi connectivity index (χ0) is 35.4. The van der Waals surface area contributed by atoms with Crippen LogP contribution in [0.5, 0.6) is 5.75 Å². The monoisotopic (exact) mass is 693 g/mol. The molecular formula is C38H43N7O6. The highest BCUT2D eigenvalue weighted by Gasteiger charge is 2.42. The fourth-order valence-corrected chi connectivity index (χ4v) is 8.10. The molecule has 5 heterocycles. The number of aromatic nitrogens is 4. The van der Waals surface area contributed by atoms with Gasteiger partial charge < -0.3 is 44.8 Å². The van der Waals surface area contributed by atoms with E-state index in [1.165, 1.54) is 7.11 Å². The van der Waals surface area contributed by atoms with Gasteiger partial charge in [-0.25, -0.2) is 14.8 Å². The first kappa shape index (κ1) is 33.2. The van der Waals surface area contributed by atoms with E-state index in [2.05, 4.69) is 57.0 Å². The molecule has 13 nitrogen and oxygen atoms in total. The van der Waals surface area contributed by atoms with Crippen LogP contribution in [0.1, 0.15) is 62.4 Å². The third-order valence-electron chi connectivity index (χ3n) is 10.9. The van der Waals surface area contributed by atoms with Gasteiger partial charge in [0.25, 0.3) is 0 Å². The highest BCUT2D eigenvalue weighted by Crippen LogP contribution is 2.43. The summed E-state index contributed by atoms with van der Waals surface area (Å²) < 4.78 is 17.1. The van der Waals surface area contributed by atoms with Crippen LogP contribution in [0, 0.1) is 5.92 Å². The number of fused-ring (bicyclic) bond motifs is 6. The second kappa shape index (κ2) is 13.3. The first-order valence-electron chi connectivity index (χ1n) is 17.6. The summed E-state index contributed by atoms with van der Waals surface area (Å²) in [5, 5.41) is 17.3. The van der Waals surface area contributed by atoms with E-state index in [1.807, 2.05) is 19.2 Å². The minimum atomic E-state index is -1.27. The number of ether oxygens (including phenoxy) is 3. The van der Waals surface area contributed by atoms with E-state index in [0.29, 0.717) is 24.8 Å². The Bertz CT molecular complexity index is 2130. The number of likely N-dealkylation sites (tertiary alicyclic amines) is 1. The van der Waals surface area contributed by atoms with E-state index in [1.54, 1.807) is 18.9 Å². The number of aromatic amines is 2. The molecule has 0 saturated carbocycles. The predicted octanol–water partition coefficient (Wildman–Crippen LogP) is 5.69. The summed E-state index contributed by atoms with van der Waals surface area (Å²) in [5.41, 5.74) is 6.97. The molecule has 3 aliphatic heterocycles. The number of carbonyl (C=O) groups excluding carboxylic acids is 1. The van der Waals surface area contributed by atoms with Gasteiger partial charge in [0.15, 0.2) is 0 Å². The van der Waals surface area contributed by atoms with Crippen molar-refractivity contribution in [2.75, 3.05) is 27.4 Å². The molecule has 0 unspecified atom stereocenters. The summed E-state index contributed by atoms with van der Waals surface area (Å²) in [4.78, 5) is 43.9. The Balaban J connectivity index is 1.07. The Morgan fingerprint density at radius 2 is 1.96 bits per heavy atom. The summed E-state index contributed by atoms with van der Waals surface area (Å²) >= 11 is 0. The van der Waals surface area contributed by atoms with Crippen molar-refractivity contribution < 1.29 is 28.9 Å². The summed E-state index contributed by atoms with van der Waals surface area (Å²) in [6, 6.07) is 13.5. The van der Waals surface area contributed by atoms with Crippen LogP contribution in [0.2, 0.25) is 0 Å². The number of nitrogens with zero attached hydrogens (tertiary/aromatic N) is 3. The first-order chi connectivity index (χ1) is 24.7. The summed E-state index contributed by atoms with van der Waals surface area (Å²) in [7, 11) is 3.21. The summed E-state index contributed by atoms with van der Waals surface area (Å²) in [6.07, 6.45) is 2.46. The summed E-state index contributed by atoms with van der Waals surface area (Å²) in [5.74, 6) is 2.58. The molecule has 2 fully saturated rings. The van der Waals surface area contributed by atoms with Gasteiger partial charge in [-0.15, -0.1) is 0 Å². The number of hydrogen-bond donors (Lipinski definition) is 5. The smallest absolute Gasteiger partial charge is 0.405 e. The second-order valence-electron chi connectivity index (χ2n) is 14.1. The quantitative estimate of drug-likeness (QED) is 0.130. The molecule has 5 aromatic rings. The zero-order valence-electron chi connectivity index (χ0n) is 29.2. The predicted molar refractivity (Wildman–Crippen MR) is 191 cm³/mol. The lowest BCUT2D eigenvalue weighted by Gasteiger charge is -2.33. The number of carbonyl (C=O) groups is 2. The topological polar surface area (TPSA) is 167 Å². The molecule has 2 aromatic heterocycles. The number of hydrogen-bond acceptors (Lipinski definition) is 8. The largest absolute Gasteiger partial charge is 0.488 e. The molecule has 13 heteroatoms. The fourth-order valence-electron chi connectivity index (χ4n) is 8.10. The van der Waals surface area contributed by atoms with Crippen molar-refractivity contribution in [1.29, 1.82) is 0 Å². The highest BCUT2D eigenvalue weighted by molar-refractivity contribution is 6.07. The van der Waals surface area contributed by atoms with Crippen LogP contribution >= 0.6 is 0 Å². The molecule has 6 atom stereocenters. The molecule has 0 bridgehead atoms. The Morgan fingerprint density at radius 3 is 2.76 bits per heavy atom. The minimum absolute atomic E-state index is 0.0934. The number of methoxy groups -OCH3 is 2. The number of rotatable bonds is 9. The van der Waals surface area contributed by atoms with Crippen LogP contribution < -0.4 is 15.4 Å². The molecule has 0 radical (unpaired) electrons. The van der Waals surface area contributed by atoms with Gasteiger partial charge in [-0.05, 0) is 85.4 Å². The van der Waals surface area contributed by atoms with Crippen LogP contribution in [0.4, 0.5) is 4.79 Å². The molecule has 51 heavy (non-hydrogen) atoms. The Labute approximate surface area is 295 Å². The number of benzene rings is 3. The Hall–Kier alpha value is -4.98. The summed E-state index contributed by atoms with van der Waals surface area (Å²) in [6.45, 7) is 5.78. The first-order valence-corrected chi connectivity index (χ1v) is 17.6. The van der Waals surface area contributed by atoms with Crippen LogP contribution in [-0.4, -0.2) is 87.5 Å². The molecular weight excluding hydrogens is 650 g/mol.